The summed E-state index contributed by atoms with van der Waals surface area (Å²) in [6, 6.07) is 6.70. The molecule has 2 atom stereocenters. The minimum Gasteiger partial charge on any atom is -0.494 e. The van der Waals surface area contributed by atoms with Gasteiger partial charge < -0.3 is 18.7 Å². The molecule has 0 amide bonds. The minimum absolute atomic E-state index is 0.0692. The molecule has 2 heterocycles. The highest BCUT2D eigenvalue weighted by atomic mass is 32.1. The molecular weight excluding hydrogens is 589 g/mol. The maximum atomic E-state index is 11.0. The van der Waals surface area contributed by atoms with Crippen molar-refractivity contribution in [2.75, 3.05) is 31.8 Å². The Morgan fingerprint density at radius 3 is 2.53 bits per heavy atom. The normalized spacial score (nSPS) is 17.1. The van der Waals surface area contributed by atoms with Crippen molar-refractivity contribution < 1.29 is 18.7 Å². The van der Waals surface area contributed by atoms with Crippen molar-refractivity contribution in [2.45, 2.75) is 97.7 Å². The summed E-state index contributed by atoms with van der Waals surface area (Å²) in [7, 11) is 0.350. The Balaban J connectivity index is 1.73. The molecule has 0 bridgehead atoms. The fourth-order valence-electron chi connectivity index (χ4n) is 5.47. The van der Waals surface area contributed by atoms with Gasteiger partial charge in [-0.3, -0.25) is 10.1 Å². The van der Waals surface area contributed by atoms with E-state index in [0.717, 1.165) is 48.4 Å². The lowest BCUT2D eigenvalue weighted by molar-refractivity contribution is -0.380. The van der Waals surface area contributed by atoms with Gasteiger partial charge >= 0.3 is 5.00 Å². The number of hydrogen-bond acceptors (Lipinski definition) is 12. The molecule has 236 valence electrons. The number of nitro groups is 1. The van der Waals surface area contributed by atoms with Crippen LogP contribution in [0.1, 0.15) is 85.6 Å². The molecule has 1 aliphatic heterocycles. The van der Waals surface area contributed by atoms with Crippen LogP contribution in [0.15, 0.2) is 28.6 Å². The average molecular weight is 634 g/mol. The standard InChI is InChI=1S/C29H44N7O5PS/c1-20(2)35(21(3)4)42(41-15-11-12-30)40-14-10-9-13-34-25-17-26(39-8)24(16-23(25)22(5)18-29(34,6)7)32-33-28-31-19-27(43-28)36(37)38/h16-17,19-22H,9-11,13-15,18H2,1-8H3. The Hall–Kier alpha value is -2.75. The average Bonchev–Trinajstić information content (AvgIpc) is 3.41. The molecule has 14 heteroatoms. The highest BCUT2D eigenvalue weighted by Crippen LogP contribution is 2.49. The van der Waals surface area contributed by atoms with Crippen LogP contribution in [0.2, 0.25) is 0 Å². The first-order valence-corrected chi connectivity index (χ1v) is 16.6. The first-order valence-electron chi connectivity index (χ1n) is 14.6. The fourth-order valence-corrected chi connectivity index (χ4v) is 7.66. The number of rotatable bonds is 16. The highest BCUT2D eigenvalue weighted by molar-refractivity contribution is 7.44. The number of thiazole rings is 1. The third-order valence-electron chi connectivity index (χ3n) is 7.23. The number of unbranched alkanes of at least 4 members (excludes halogenated alkanes) is 1. The van der Waals surface area contributed by atoms with Crippen LogP contribution in [0.3, 0.4) is 0 Å². The molecule has 0 saturated heterocycles. The van der Waals surface area contributed by atoms with Gasteiger partial charge in [0.2, 0.25) is 5.13 Å². The molecule has 1 aliphatic rings. The summed E-state index contributed by atoms with van der Waals surface area (Å²) in [5.74, 6) is 0.868. The summed E-state index contributed by atoms with van der Waals surface area (Å²) in [5, 5.41) is 28.6. The Bertz CT molecular complexity index is 1290. The number of hydrogen-bond donors (Lipinski definition) is 0. The van der Waals surface area contributed by atoms with E-state index in [2.05, 4.69) is 79.3 Å². The summed E-state index contributed by atoms with van der Waals surface area (Å²) in [6.07, 6.45) is 4.28. The number of aromatic nitrogens is 1. The molecule has 0 aliphatic carbocycles. The van der Waals surface area contributed by atoms with E-state index in [1.165, 1.54) is 6.20 Å². The third-order valence-corrected chi connectivity index (χ3v) is 10.2. The number of nitrogens with zero attached hydrogens (tertiary/aromatic N) is 7. The van der Waals surface area contributed by atoms with Gasteiger partial charge in [-0.2, -0.15) is 5.26 Å². The molecule has 3 rings (SSSR count). The van der Waals surface area contributed by atoms with Gasteiger partial charge in [-0.25, -0.2) is 9.65 Å². The summed E-state index contributed by atoms with van der Waals surface area (Å²) < 4.78 is 20.3. The van der Waals surface area contributed by atoms with Gasteiger partial charge in [0, 0.05) is 35.9 Å². The lowest BCUT2D eigenvalue weighted by atomic mass is 9.79. The molecule has 0 N–H and O–H groups in total. The van der Waals surface area contributed by atoms with Gasteiger partial charge in [0.15, 0.2) is 0 Å². The number of anilines is 1. The molecule has 0 radical (unpaired) electrons. The number of fused-ring (bicyclic) bond motifs is 1. The third kappa shape index (κ3) is 9.13. The molecule has 2 unspecified atom stereocenters. The molecule has 0 fully saturated rings. The van der Waals surface area contributed by atoms with Crippen molar-refractivity contribution in [3.05, 3.63) is 34.0 Å². The molecule has 1 aromatic heterocycles. The summed E-state index contributed by atoms with van der Waals surface area (Å²) in [5.41, 5.74) is 2.76. The molecule has 0 spiro atoms. The zero-order valence-corrected chi connectivity index (χ0v) is 28.2. The maximum absolute atomic E-state index is 11.0. The van der Waals surface area contributed by atoms with Crippen LogP contribution in [0, 0.1) is 21.4 Å². The van der Waals surface area contributed by atoms with Crippen LogP contribution in [0.5, 0.6) is 5.75 Å². The predicted molar refractivity (Wildman–Crippen MR) is 171 cm³/mol. The van der Waals surface area contributed by atoms with E-state index >= 15 is 0 Å². The molecular formula is C29H44N7O5PS. The van der Waals surface area contributed by atoms with E-state index in [9.17, 15) is 10.1 Å². The second-order valence-electron chi connectivity index (χ2n) is 11.7. The Morgan fingerprint density at radius 2 is 1.93 bits per heavy atom. The number of nitriles is 1. The number of azo groups is 1. The Kier molecular flexibility index (Phi) is 12.8. The molecule has 43 heavy (non-hydrogen) atoms. The maximum Gasteiger partial charge on any atom is 0.345 e. The van der Waals surface area contributed by atoms with Crippen molar-refractivity contribution in [3.63, 3.8) is 0 Å². The zero-order valence-electron chi connectivity index (χ0n) is 26.4. The largest absolute Gasteiger partial charge is 0.494 e. The second kappa shape index (κ2) is 15.8. The van der Waals surface area contributed by atoms with Crippen LogP contribution in [-0.2, 0) is 9.05 Å². The minimum atomic E-state index is -1.25. The van der Waals surface area contributed by atoms with E-state index in [4.69, 9.17) is 19.0 Å². The molecule has 1 aromatic carbocycles. The van der Waals surface area contributed by atoms with Crippen LogP contribution < -0.4 is 9.64 Å². The van der Waals surface area contributed by atoms with Gasteiger partial charge in [0.05, 0.1) is 37.7 Å². The zero-order chi connectivity index (χ0) is 31.7. The number of methoxy groups -OCH3 is 1. The lowest BCUT2D eigenvalue weighted by Crippen LogP contribution is -2.48. The van der Waals surface area contributed by atoms with Crippen molar-refractivity contribution in [2.24, 2.45) is 10.2 Å². The van der Waals surface area contributed by atoms with Gasteiger partial charge in [-0.15, -0.1) is 10.2 Å². The van der Waals surface area contributed by atoms with Crippen LogP contribution in [0.4, 0.5) is 21.5 Å². The fraction of sp³-hybridized carbons (Fsp3) is 0.655. The molecule has 0 saturated carbocycles. The first-order chi connectivity index (χ1) is 20.4. The van der Waals surface area contributed by atoms with E-state index in [1.54, 1.807) is 7.11 Å². The Morgan fingerprint density at radius 1 is 1.23 bits per heavy atom. The second-order valence-corrected chi connectivity index (χ2v) is 14.1. The van der Waals surface area contributed by atoms with Crippen molar-refractivity contribution >= 4 is 41.4 Å². The van der Waals surface area contributed by atoms with Crippen molar-refractivity contribution in [1.29, 1.82) is 5.26 Å². The summed E-state index contributed by atoms with van der Waals surface area (Å²) in [4.78, 5) is 16.9. The monoisotopic (exact) mass is 633 g/mol. The highest BCUT2D eigenvalue weighted by Gasteiger charge is 2.37. The lowest BCUT2D eigenvalue weighted by Gasteiger charge is -2.48. The molecule has 12 nitrogen and oxygen atoms in total. The van der Waals surface area contributed by atoms with E-state index in [0.29, 0.717) is 31.1 Å². The van der Waals surface area contributed by atoms with Gasteiger partial charge in [0.1, 0.15) is 17.6 Å². The summed E-state index contributed by atoms with van der Waals surface area (Å²) >= 11 is 0.875. The quantitative estimate of drug-likeness (QED) is 0.0584. The van der Waals surface area contributed by atoms with Crippen molar-refractivity contribution in [3.8, 4) is 11.8 Å². The van der Waals surface area contributed by atoms with E-state index in [-0.39, 0.29) is 33.7 Å². The first kappa shape index (κ1) is 34.7. The smallest absolute Gasteiger partial charge is 0.345 e. The Labute approximate surface area is 260 Å². The number of benzene rings is 1. The predicted octanol–water partition coefficient (Wildman–Crippen LogP) is 8.64. The van der Waals surface area contributed by atoms with Gasteiger partial charge in [-0.1, -0.05) is 6.92 Å². The van der Waals surface area contributed by atoms with Crippen LogP contribution in [-0.4, -0.2) is 59.1 Å². The molecule has 2 aromatic rings. The van der Waals surface area contributed by atoms with Crippen LogP contribution >= 0.6 is 19.9 Å². The van der Waals surface area contributed by atoms with Crippen molar-refractivity contribution in [1.82, 2.24) is 9.65 Å². The van der Waals surface area contributed by atoms with E-state index < -0.39 is 13.4 Å². The van der Waals surface area contributed by atoms with Gasteiger partial charge in [-0.05, 0) is 89.7 Å². The number of ether oxygens (including phenoxy) is 1. The van der Waals surface area contributed by atoms with Gasteiger partial charge in [0.25, 0.3) is 8.53 Å². The topological polar surface area (TPSA) is 139 Å². The summed E-state index contributed by atoms with van der Waals surface area (Å²) in [6.45, 7) is 17.1. The SMILES string of the molecule is COc1cc2c(cc1N=Nc1ncc([N+](=O)[O-])s1)C(C)CC(C)(C)N2CCCCOP(OCCC#N)N(C(C)C)C(C)C. The van der Waals surface area contributed by atoms with Crippen LogP contribution in [0.25, 0.3) is 0 Å². The van der Waals surface area contributed by atoms with E-state index in [1.807, 2.05) is 12.1 Å².